The van der Waals surface area contributed by atoms with Gasteiger partial charge < -0.3 is 15.2 Å². The van der Waals surface area contributed by atoms with E-state index in [4.69, 9.17) is 9.84 Å². The summed E-state index contributed by atoms with van der Waals surface area (Å²) in [6.07, 6.45) is 2.00. The van der Waals surface area contributed by atoms with E-state index in [0.29, 0.717) is 5.88 Å². The summed E-state index contributed by atoms with van der Waals surface area (Å²) in [5, 5.41) is 12.3. The predicted molar refractivity (Wildman–Crippen MR) is 53.5 cm³/mol. The monoisotopic (exact) mass is 194 g/mol. The normalized spacial score (nSPS) is 17.6. The maximum atomic E-state index is 9.12. The summed E-state index contributed by atoms with van der Waals surface area (Å²) in [5.41, 5.74) is -0.126. The smallest absolute Gasteiger partial charge is 0.214 e. The van der Waals surface area contributed by atoms with Crippen LogP contribution in [-0.2, 0) is 0 Å². The zero-order chi connectivity index (χ0) is 10.0. The van der Waals surface area contributed by atoms with Crippen molar-refractivity contribution in [2.24, 2.45) is 0 Å². The van der Waals surface area contributed by atoms with Gasteiger partial charge in [0.1, 0.15) is 5.82 Å². The van der Waals surface area contributed by atoms with Gasteiger partial charge >= 0.3 is 0 Å². The number of aliphatic hydroxyl groups excluding tert-OH is 1. The van der Waals surface area contributed by atoms with Crippen molar-refractivity contribution in [1.82, 2.24) is 4.98 Å². The van der Waals surface area contributed by atoms with Gasteiger partial charge in [0.25, 0.3) is 0 Å². The van der Waals surface area contributed by atoms with Crippen LogP contribution < -0.4 is 10.1 Å². The molecule has 1 saturated carbocycles. The van der Waals surface area contributed by atoms with E-state index >= 15 is 0 Å². The van der Waals surface area contributed by atoms with Crippen molar-refractivity contribution in [3.63, 3.8) is 0 Å². The average Bonchev–Trinajstić information content (AvgIpc) is 2.99. The fourth-order valence-electron chi connectivity index (χ4n) is 1.34. The molecule has 1 aliphatic carbocycles. The highest BCUT2D eigenvalue weighted by Crippen LogP contribution is 2.37. The van der Waals surface area contributed by atoms with Crippen LogP contribution in [0.25, 0.3) is 0 Å². The molecule has 14 heavy (non-hydrogen) atoms. The Balaban J connectivity index is 2.09. The first-order chi connectivity index (χ1) is 6.78. The van der Waals surface area contributed by atoms with Crippen LogP contribution in [0.5, 0.6) is 5.88 Å². The molecule has 4 heteroatoms. The summed E-state index contributed by atoms with van der Waals surface area (Å²) in [7, 11) is 1.59. The van der Waals surface area contributed by atoms with Crippen molar-refractivity contribution in [1.29, 1.82) is 0 Å². The fourth-order valence-corrected chi connectivity index (χ4v) is 1.34. The Kier molecular flexibility index (Phi) is 2.29. The number of ether oxygens (including phenoxy) is 1. The lowest BCUT2D eigenvalue weighted by Crippen LogP contribution is -2.26. The Morgan fingerprint density at radius 3 is 2.93 bits per heavy atom. The van der Waals surface area contributed by atoms with E-state index in [1.807, 2.05) is 12.1 Å². The molecule has 1 fully saturated rings. The summed E-state index contributed by atoms with van der Waals surface area (Å²) in [6, 6.07) is 5.55. The van der Waals surface area contributed by atoms with Gasteiger partial charge in [-0.05, 0) is 18.9 Å². The average molecular weight is 194 g/mol. The van der Waals surface area contributed by atoms with E-state index in [1.165, 1.54) is 0 Å². The summed E-state index contributed by atoms with van der Waals surface area (Å²) in [6.45, 7) is 0.159. The molecule has 4 nitrogen and oxygen atoms in total. The molecule has 0 bridgehead atoms. The number of anilines is 1. The Morgan fingerprint density at radius 2 is 2.36 bits per heavy atom. The molecule has 1 aromatic rings. The minimum atomic E-state index is -0.126. The maximum Gasteiger partial charge on any atom is 0.214 e. The lowest BCUT2D eigenvalue weighted by molar-refractivity contribution is 0.266. The highest BCUT2D eigenvalue weighted by atomic mass is 16.5. The minimum absolute atomic E-state index is 0.126. The Morgan fingerprint density at radius 1 is 1.57 bits per heavy atom. The Bertz CT molecular complexity index is 324. The summed E-state index contributed by atoms with van der Waals surface area (Å²) < 4.78 is 5.01. The first kappa shape index (κ1) is 9.27. The van der Waals surface area contributed by atoms with Crippen molar-refractivity contribution >= 4 is 5.82 Å². The van der Waals surface area contributed by atoms with Gasteiger partial charge in [0.2, 0.25) is 5.88 Å². The zero-order valence-electron chi connectivity index (χ0n) is 8.16. The quantitative estimate of drug-likeness (QED) is 0.751. The molecule has 0 aliphatic heterocycles. The van der Waals surface area contributed by atoms with Crippen LogP contribution in [0.3, 0.4) is 0 Å². The van der Waals surface area contributed by atoms with Crippen LogP contribution >= 0.6 is 0 Å². The predicted octanol–water partition coefficient (Wildman–Crippen LogP) is 1.03. The highest BCUT2D eigenvalue weighted by Gasteiger charge is 2.42. The molecular formula is C10H14N2O2. The van der Waals surface area contributed by atoms with Gasteiger partial charge in [-0.3, -0.25) is 0 Å². The molecule has 76 valence electrons. The molecule has 1 aromatic heterocycles. The van der Waals surface area contributed by atoms with E-state index < -0.39 is 0 Å². The molecule has 0 amide bonds. The van der Waals surface area contributed by atoms with Gasteiger partial charge in [-0.1, -0.05) is 6.07 Å². The number of nitrogens with one attached hydrogen (secondary N) is 1. The second-order valence-corrected chi connectivity index (χ2v) is 3.63. The van der Waals surface area contributed by atoms with Crippen molar-refractivity contribution in [3.8, 4) is 5.88 Å². The molecule has 0 unspecified atom stereocenters. The van der Waals surface area contributed by atoms with Crippen LogP contribution in [0, 0.1) is 0 Å². The number of rotatable bonds is 4. The van der Waals surface area contributed by atoms with Crippen LogP contribution in [0.1, 0.15) is 12.8 Å². The molecular weight excluding hydrogens is 180 g/mol. The largest absolute Gasteiger partial charge is 0.481 e. The lowest BCUT2D eigenvalue weighted by atomic mass is 10.3. The molecule has 0 saturated heterocycles. The van der Waals surface area contributed by atoms with Gasteiger partial charge in [-0.2, -0.15) is 4.98 Å². The summed E-state index contributed by atoms with van der Waals surface area (Å²) in [4.78, 5) is 4.22. The van der Waals surface area contributed by atoms with Gasteiger partial charge in [0.05, 0.1) is 19.3 Å². The molecule has 0 spiro atoms. The van der Waals surface area contributed by atoms with E-state index in [0.717, 1.165) is 18.7 Å². The number of hydrogen-bond acceptors (Lipinski definition) is 4. The van der Waals surface area contributed by atoms with E-state index in [-0.39, 0.29) is 12.1 Å². The molecule has 2 N–H and O–H groups in total. The number of nitrogens with zero attached hydrogens (tertiary/aromatic N) is 1. The van der Waals surface area contributed by atoms with Crippen LogP contribution in [0.2, 0.25) is 0 Å². The second kappa shape index (κ2) is 3.46. The zero-order valence-corrected chi connectivity index (χ0v) is 8.16. The third kappa shape index (κ3) is 1.80. The van der Waals surface area contributed by atoms with E-state index in [9.17, 15) is 0 Å². The van der Waals surface area contributed by atoms with Gasteiger partial charge in [-0.15, -0.1) is 0 Å². The first-order valence-electron chi connectivity index (χ1n) is 4.68. The lowest BCUT2D eigenvalue weighted by Gasteiger charge is -2.14. The SMILES string of the molecule is COc1cccc(NC2(CO)CC2)n1. The third-order valence-electron chi connectivity index (χ3n) is 2.48. The van der Waals surface area contributed by atoms with Gasteiger partial charge in [-0.25, -0.2) is 0 Å². The highest BCUT2D eigenvalue weighted by molar-refractivity contribution is 5.42. The molecule has 0 aromatic carbocycles. The standard InChI is InChI=1S/C10H14N2O2/c1-14-9-4-2-3-8(11-9)12-10(7-13)5-6-10/h2-4,13H,5-7H2,1H3,(H,11,12). The summed E-state index contributed by atoms with van der Waals surface area (Å²) >= 11 is 0. The van der Waals surface area contributed by atoms with Crippen LogP contribution in [0.4, 0.5) is 5.82 Å². The molecule has 1 heterocycles. The topological polar surface area (TPSA) is 54.4 Å². The minimum Gasteiger partial charge on any atom is -0.481 e. The van der Waals surface area contributed by atoms with Crippen molar-refractivity contribution < 1.29 is 9.84 Å². The number of pyridine rings is 1. The number of methoxy groups -OCH3 is 1. The molecule has 0 atom stereocenters. The van der Waals surface area contributed by atoms with Crippen molar-refractivity contribution in [3.05, 3.63) is 18.2 Å². The second-order valence-electron chi connectivity index (χ2n) is 3.63. The van der Waals surface area contributed by atoms with E-state index in [1.54, 1.807) is 13.2 Å². The van der Waals surface area contributed by atoms with Crippen molar-refractivity contribution in [2.45, 2.75) is 18.4 Å². The van der Waals surface area contributed by atoms with Gasteiger partial charge in [0.15, 0.2) is 0 Å². The van der Waals surface area contributed by atoms with E-state index in [2.05, 4.69) is 10.3 Å². The third-order valence-corrected chi connectivity index (χ3v) is 2.48. The number of hydrogen-bond donors (Lipinski definition) is 2. The number of aliphatic hydroxyl groups is 1. The molecule has 0 radical (unpaired) electrons. The van der Waals surface area contributed by atoms with Crippen LogP contribution in [0.15, 0.2) is 18.2 Å². The first-order valence-corrected chi connectivity index (χ1v) is 4.68. The number of aromatic nitrogens is 1. The van der Waals surface area contributed by atoms with Crippen molar-refractivity contribution in [2.75, 3.05) is 19.0 Å². The Labute approximate surface area is 82.9 Å². The molecule has 1 aliphatic rings. The maximum absolute atomic E-state index is 9.12. The fraction of sp³-hybridized carbons (Fsp3) is 0.500. The summed E-state index contributed by atoms with van der Waals surface area (Å²) in [5.74, 6) is 1.35. The van der Waals surface area contributed by atoms with Crippen LogP contribution in [-0.4, -0.2) is 29.3 Å². The Hall–Kier alpha value is -1.29. The van der Waals surface area contributed by atoms with Gasteiger partial charge in [0, 0.05) is 6.07 Å². The molecule has 2 rings (SSSR count).